The highest BCUT2D eigenvalue weighted by molar-refractivity contribution is 5.98. The number of carbonyl (C=O) groups is 1. The first-order valence-corrected chi connectivity index (χ1v) is 6.87. The minimum atomic E-state index is -0.845. The van der Waals surface area contributed by atoms with Gasteiger partial charge in [-0.25, -0.2) is 0 Å². The van der Waals surface area contributed by atoms with Crippen molar-refractivity contribution < 1.29 is 19.6 Å². The van der Waals surface area contributed by atoms with Crippen LogP contribution in [0, 0.1) is 10.1 Å². The van der Waals surface area contributed by atoms with Crippen LogP contribution >= 0.6 is 0 Å². The molecule has 21 heavy (non-hydrogen) atoms. The molecule has 1 aliphatic carbocycles. The molecule has 0 radical (unpaired) electrons. The van der Waals surface area contributed by atoms with E-state index in [0.29, 0.717) is 12.8 Å². The minimum Gasteiger partial charge on any atom is -0.487 e. The summed E-state index contributed by atoms with van der Waals surface area (Å²) in [5.41, 5.74) is -0.983. The smallest absolute Gasteiger partial charge is 0.311 e. The van der Waals surface area contributed by atoms with Crippen molar-refractivity contribution in [2.24, 2.45) is 0 Å². The molecule has 0 bridgehead atoms. The van der Waals surface area contributed by atoms with Gasteiger partial charge in [-0.05, 0) is 32.3 Å². The Kier molecular flexibility index (Phi) is 4.42. The molecule has 0 aliphatic heterocycles. The van der Waals surface area contributed by atoms with Gasteiger partial charge in [0.15, 0.2) is 0 Å². The molecule has 1 saturated carbocycles. The molecule has 0 atom stereocenters. The van der Waals surface area contributed by atoms with Crippen molar-refractivity contribution in [3.8, 4) is 5.75 Å². The van der Waals surface area contributed by atoms with Gasteiger partial charge in [-0.2, -0.15) is 0 Å². The standard InChI is InChI=1S/C14H18N2O5/c1-2-21-12-10(5-3-6-11(12)16(19)20)13(17)15-9-14(18)7-4-8-14/h3,5-6,18H,2,4,7-9H2,1H3,(H,15,17). The summed E-state index contributed by atoms with van der Waals surface area (Å²) in [5, 5.41) is 23.6. The van der Waals surface area contributed by atoms with Crippen molar-refractivity contribution in [3.05, 3.63) is 33.9 Å². The van der Waals surface area contributed by atoms with Crippen LogP contribution in [-0.4, -0.2) is 34.7 Å². The molecule has 0 heterocycles. The molecule has 7 heteroatoms. The second-order valence-corrected chi connectivity index (χ2v) is 5.10. The number of nitro groups is 1. The summed E-state index contributed by atoms with van der Waals surface area (Å²) in [6, 6.07) is 4.20. The third-order valence-electron chi connectivity index (χ3n) is 3.59. The van der Waals surface area contributed by atoms with Gasteiger partial charge in [-0.15, -0.1) is 0 Å². The number of carbonyl (C=O) groups excluding carboxylic acids is 1. The van der Waals surface area contributed by atoms with E-state index in [1.807, 2.05) is 0 Å². The van der Waals surface area contributed by atoms with E-state index >= 15 is 0 Å². The van der Waals surface area contributed by atoms with Crippen molar-refractivity contribution in [2.75, 3.05) is 13.2 Å². The molecule has 1 aliphatic rings. The maximum Gasteiger partial charge on any atom is 0.311 e. The van der Waals surface area contributed by atoms with E-state index in [2.05, 4.69) is 5.32 Å². The van der Waals surface area contributed by atoms with Gasteiger partial charge in [0.05, 0.1) is 22.7 Å². The molecule has 1 fully saturated rings. The van der Waals surface area contributed by atoms with E-state index in [4.69, 9.17) is 4.74 Å². The number of nitrogens with zero attached hydrogens (tertiary/aromatic N) is 1. The van der Waals surface area contributed by atoms with Crippen LogP contribution in [0.5, 0.6) is 5.75 Å². The summed E-state index contributed by atoms with van der Waals surface area (Å²) in [5.74, 6) is -0.523. The summed E-state index contributed by atoms with van der Waals surface area (Å²) in [7, 11) is 0. The topological polar surface area (TPSA) is 102 Å². The van der Waals surface area contributed by atoms with E-state index in [0.717, 1.165) is 6.42 Å². The van der Waals surface area contributed by atoms with Crippen LogP contribution < -0.4 is 10.1 Å². The largest absolute Gasteiger partial charge is 0.487 e. The zero-order chi connectivity index (χ0) is 15.5. The first-order chi connectivity index (χ1) is 9.97. The van der Waals surface area contributed by atoms with Crippen LogP contribution in [0.2, 0.25) is 0 Å². The van der Waals surface area contributed by atoms with Crippen LogP contribution in [0.15, 0.2) is 18.2 Å². The van der Waals surface area contributed by atoms with Gasteiger partial charge in [0.25, 0.3) is 5.91 Å². The highest BCUT2D eigenvalue weighted by atomic mass is 16.6. The first-order valence-electron chi connectivity index (χ1n) is 6.87. The van der Waals surface area contributed by atoms with Gasteiger partial charge < -0.3 is 15.2 Å². The highest BCUT2D eigenvalue weighted by Crippen LogP contribution is 2.32. The summed E-state index contributed by atoms with van der Waals surface area (Å²) in [6.07, 6.45) is 2.24. The Bertz CT molecular complexity index is 554. The fourth-order valence-corrected chi connectivity index (χ4v) is 2.25. The molecule has 1 aromatic rings. The lowest BCUT2D eigenvalue weighted by molar-refractivity contribution is -0.385. The molecule has 0 spiro atoms. The summed E-state index contributed by atoms with van der Waals surface area (Å²) >= 11 is 0. The van der Waals surface area contributed by atoms with E-state index in [1.165, 1.54) is 18.2 Å². The van der Waals surface area contributed by atoms with Gasteiger partial charge in [-0.1, -0.05) is 6.07 Å². The van der Waals surface area contributed by atoms with E-state index in [9.17, 15) is 20.0 Å². The Morgan fingerprint density at radius 2 is 2.24 bits per heavy atom. The second-order valence-electron chi connectivity index (χ2n) is 5.10. The minimum absolute atomic E-state index is 0.0388. The lowest BCUT2D eigenvalue weighted by Crippen LogP contribution is -2.47. The quantitative estimate of drug-likeness (QED) is 0.613. The van der Waals surface area contributed by atoms with Gasteiger partial charge in [-0.3, -0.25) is 14.9 Å². The summed E-state index contributed by atoms with van der Waals surface area (Å²) < 4.78 is 5.26. The van der Waals surface area contributed by atoms with Crippen LogP contribution in [0.3, 0.4) is 0 Å². The number of nitro benzene ring substituents is 1. The van der Waals surface area contributed by atoms with Crippen molar-refractivity contribution >= 4 is 11.6 Å². The SMILES string of the molecule is CCOc1c(C(=O)NCC2(O)CCC2)cccc1[N+](=O)[O-]. The fourth-order valence-electron chi connectivity index (χ4n) is 2.25. The highest BCUT2D eigenvalue weighted by Gasteiger charge is 2.35. The average molecular weight is 294 g/mol. The predicted octanol–water partition coefficient (Wildman–Crippen LogP) is 1.64. The monoisotopic (exact) mass is 294 g/mol. The van der Waals surface area contributed by atoms with Gasteiger partial charge in [0.2, 0.25) is 5.75 Å². The predicted molar refractivity (Wildman–Crippen MR) is 75.4 cm³/mol. The third-order valence-corrected chi connectivity index (χ3v) is 3.59. The van der Waals surface area contributed by atoms with Crippen molar-refractivity contribution in [2.45, 2.75) is 31.8 Å². The zero-order valence-electron chi connectivity index (χ0n) is 11.8. The van der Waals surface area contributed by atoms with E-state index in [1.54, 1.807) is 6.92 Å². The zero-order valence-corrected chi connectivity index (χ0v) is 11.8. The number of ether oxygens (including phenoxy) is 1. The molecule has 1 aromatic carbocycles. The molecule has 0 aromatic heterocycles. The molecule has 114 valence electrons. The number of para-hydroxylation sites is 1. The average Bonchev–Trinajstić information content (AvgIpc) is 2.43. The number of amides is 1. The Hall–Kier alpha value is -2.15. The molecule has 2 rings (SSSR count). The Balaban J connectivity index is 2.19. The van der Waals surface area contributed by atoms with Crippen molar-refractivity contribution in [3.63, 3.8) is 0 Å². The molecule has 0 saturated heterocycles. The Morgan fingerprint density at radius 3 is 2.76 bits per heavy atom. The van der Waals surface area contributed by atoms with Crippen molar-refractivity contribution in [1.82, 2.24) is 5.32 Å². The molecular weight excluding hydrogens is 276 g/mol. The van der Waals surface area contributed by atoms with Crippen LogP contribution in [-0.2, 0) is 0 Å². The third kappa shape index (κ3) is 3.30. The fraction of sp³-hybridized carbons (Fsp3) is 0.500. The molecule has 7 nitrogen and oxygen atoms in total. The lowest BCUT2D eigenvalue weighted by Gasteiger charge is -2.36. The summed E-state index contributed by atoms with van der Waals surface area (Å²) in [4.78, 5) is 22.6. The molecule has 0 unspecified atom stereocenters. The van der Waals surface area contributed by atoms with Crippen LogP contribution in [0.4, 0.5) is 5.69 Å². The number of hydrogen-bond acceptors (Lipinski definition) is 5. The van der Waals surface area contributed by atoms with Gasteiger partial charge in [0.1, 0.15) is 0 Å². The van der Waals surface area contributed by atoms with Crippen molar-refractivity contribution in [1.29, 1.82) is 0 Å². The normalized spacial score (nSPS) is 15.9. The van der Waals surface area contributed by atoms with Crippen LogP contribution in [0.1, 0.15) is 36.5 Å². The van der Waals surface area contributed by atoms with E-state index < -0.39 is 16.4 Å². The molecule has 1 amide bonds. The number of hydrogen-bond donors (Lipinski definition) is 2. The van der Waals surface area contributed by atoms with E-state index in [-0.39, 0.29) is 30.2 Å². The number of nitrogens with one attached hydrogen (secondary N) is 1. The summed E-state index contributed by atoms with van der Waals surface area (Å²) in [6.45, 7) is 2.05. The number of rotatable bonds is 6. The number of benzene rings is 1. The Morgan fingerprint density at radius 1 is 1.52 bits per heavy atom. The van der Waals surface area contributed by atoms with Gasteiger partial charge in [0, 0.05) is 12.6 Å². The number of aliphatic hydroxyl groups is 1. The van der Waals surface area contributed by atoms with Crippen LogP contribution in [0.25, 0.3) is 0 Å². The second kappa shape index (κ2) is 6.09. The molecule has 2 N–H and O–H groups in total. The maximum absolute atomic E-state index is 12.2. The first kappa shape index (κ1) is 15.2. The Labute approximate surface area is 122 Å². The molecular formula is C14H18N2O5. The van der Waals surface area contributed by atoms with Gasteiger partial charge >= 0.3 is 5.69 Å². The maximum atomic E-state index is 12.2. The lowest BCUT2D eigenvalue weighted by atomic mass is 9.80.